The topological polar surface area (TPSA) is 105 Å². The van der Waals surface area contributed by atoms with Crippen molar-refractivity contribution in [1.29, 1.82) is 0 Å². The first-order valence-electron chi connectivity index (χ1n) is 12.5. The molecule has 4 aromatic rings. The van der Waals surface area contributed by atoms with E-state index in [4.69, 9.17) is 14.0 Å². The second-order valence-electron chi connectivity index (χ2n) is 10.1. The molecule has 0 aliphatic carbocycles. The molecule has 9 heteroatoms. The van der Waals surface area contributed by atoms with Crippen LogP contribution >= 0.6 is 0 Å². The van der Waals surface area contributed by atoms with Crippen LogP contribution in [0.25, 0.3) is 11.1 Å². The normalized spacial score (nSPS) is 11.2. The third-order valence-corrected chi connectivity index (χ3v) is 6.68. The number of aliphatic hydroxyl groups is 1. The maximum atomic E-state index is 11.6. The van der Waals surface area contributed by atoms with Gasteiger partial charge in [0.25, 0.3) is 0 Å². The first-order valence-corrected chi connectivity index (χ1v) is 12.5. The fourth-order valence-corrected chi connectivity index (χ4v) is 4.19. The Hall–Kier alpha value is -3.04. The Bertz CT molecular complexity index is 1530. The molecule has 0 bridgehead atoms. The van der Waals surface area contributed by atoms with E-state index in [1.165, 1.54) is 0 Å². The minimum atomic E-state index is -0.899. The van der Waals surface area contributed by atoms with E-state index in [-0.39, 0.29) is 36.1 Å². The van der Waals surface area contributed by atoms with Crippen molar-refractivity contribution in [3.8, 4) is 22.6 Å². The Morgan fingerprint density at radius 3 is 2.23 bits per heavy atom. The second-order valence-corrected chi connectivity index (χ2v) is 10.1. The number of nitrogens with zero attached hydrogens (tertiary/aromatic N) is 2. The van der Waals surface area contributed by atoms with E-state index in [0.717, 1.165) is 49.4 Å². The Balaban J connectivity index is 0.00000420. The fraction of sp³-hybridized carbons (Fsp3) is 0.333. The van der Waals surface area contributed by atoms with Crippen LogP contribution in [0.4, 0.5) is 0 Å². The predicted octanol–water partition coefficient (Wildman–Crippen LogP) is 1.52. The zero-order chi connectivity index (χ0) is 27.4. The standard InChI is InChI=1S/C30H34N2O6.Na/c1-19-20(2)27(36-16-15-30(4,5)35)14-13-26(19)25-8-6-7-23(21(25)3)18-37-24-11-9-22(10-12-24)17-32-28(33)31-29(34)38-32;/h6-14,35H,15-18H2,1-5H3,(H,31,33,34);/q;+1/p-1. The number of benzene rings is 3. The Kier molecular flexibility index (Phi) is 10.1. The first-order chi connectivity index (χ1) is 18.0. The van der Waals surface area contributed by atoms with Gasteiger partial charge in [0, 0.05) is 13.0 Å². The SMILES string of the molecule is Cc1c(COc2ccc(Cn3oc(=O)[n-]c3=O)cc2)cccc1-c1ccc(OCCC(C)(C)O)c(C)c1C.[Na+]. The van der Waals surface area contributed by atoms with Crippen LogP contribution in [0.1, 0.15) is 48.1 Å². The number of rotatable bonds is 10. The van der Waals surface area contributed by atoms with Gasteiger partial charge in [0.1, 0.15) is 18.1 Å². The molecular weight excluding hydrogens is 507 g/mol. The van der Waals surface area contributed by atoms with Crippen molar-refractivity contribution in [2.24, 2.45) is 0 Å². The van der Waals surface area contributed by atoms with Gasteiger partial charge in [0.2, 0.25) is 0 Å². The third kappa shape index (κ3) is 7.76. The maximum absolute atomic E-state index is 11.6. The minimum absolute atomic E-state index is 0. The van der Waals surface area contributed by atoms with Crippen molar-refractivity contribution in [2.45, 2.75) is 59.8 Å². The fourth-order valence-electron chi connectivity index (χ4n) is 4.19. The van der Waals surface area contributed by atoms with E-state index < -0.39 is 17.0 Å². The summed E-state index contributed by atoms with van der Waals surface area (Å²) in [6.07, 6.45) is 0.556. The average molecular weight is 541 g/mol. The molecule has 0 unspecified atom stereocenters. The van der Waals surface area contributed by atoms with E-state index in [1.54, 1.807) is 13.8 Å². The van der Waals surface area contributed by atoms with E-state index >= 15 is 0 Å². The maximum Gasteiger partial charge on any atom is 1.00 e. The second kappa shape index (κ2) is 12.9. The summed E-state index contributed by atoms with van der Waals surface area (Å²) in [4.78, 5) is 25.9. The van der Waals surface area contributed by atoms with E-state index in [2.05, 4.69) is 44.0 Å². The number of hydrogen-bond donors (Lipinski definition) is 1. The molecule has 0 fully saturated rings. The summed E-state index contributed by atoms with van der Waals surface area (Å²) in [5.74, 6) is 0.620. The van der Waals surface area contributed by atoms with Gasteiger partial charge >= 0.3 is 35.3 Å². The van der Waals surface area contributed by atoms with E-state index in [9.17, 15) is 14.7 Å². The molecule has 0 atom stereocenters. The number of ether oxygens (including phenoxy) is 2. The molecule has 8 nitrogen and oxygen atoms in total. The first kappa shape index (κ1) is 30.5. The van der Waals surface area contributed by atoms with Crippen molar-refractivity contribution in [3.05, 3.63) is 103 Å². The molecule has 1 heterocycles. The monoisotopic (exact) mass is 540 g/mol. The van der Waals surface area contributed by atoms with Gasteiger partial charge in [-0.3, -0.25) is 9.53 Å². The molecular formula is C30H33N2NaO6. The van der Waals surface area contributed by atoms with E-state index in [0.29, 0.717) is 25.4 Å². The van der Waals surface area contributed by atoms with Crippen molar-refractivity contribution in [1.82, 2.24) is 9.72 Å². The number of hydrogen-bond acceptors (Lipinski definition) is 6. The molecule has 0 saturated carbocycles. The zero-order valence-corrected chi connectivity index (χ0v) is 25.4. The number of aromatic nitrogens is 2. The van der Waals surface area contributed by atoms with Gasteiger partial charge in [0.15, 0.2) is 5.69 Å². The van der Waals surface area contributed by atoms with Crippen LogP contribution in [-0.2, 0) is 13.2 Å². The summed E-state index contributed by atoms with van der Waals surface area (Å²) in [5, 5.41) is 9.95. The molecule has 200 valence electrons. The van der Waals surface area contributed by atoms with Gasteiger partial charge in [-0.2, -0.15) is 0 Å². The molecule has 1 N–H and O–H groups in total. The van der Waals surface area contributed by atoms with Crippen molar-refractivity contribution in [2.75, 3.05) is 6.61 Å². The van der Waals surface area contributed by atoms with Gasteiger partial charge in [-0.05, 0) is 91.8 Å². The summed E-state index contributed by atoms with van der Waals surface area (Å²) in [5.41, 5.74) is 6.05. The van der Waals surface area contributed by atoms with Crippen LogP contribution in [0.5, 0.6) is 11.5 Å². The van der Waals surface area contributed by atoms with Crippen molar-refractivity contribution >= 4 is 0 Å². The van der Waals surface area contributed by atoms with Crippen molar-refractivity contribution < 1.29 is 48.7 Å². The summed E-state index contributed by atoms with van der Waals surface area (Å²) < 4.78 is 17.7. The van der Waals surface area contributed by atoms with Crippen LogP contribution in [0.15, 0.2) is 68.7 Å². The average Bonchev–Trinajstić information content (AvgIpc) is 3.18. The molecule has 0 aliphatic heterocycles. The summed E-state index contributed by atoms with van der Waals surface area (Å²) in [6, 6.07) is 17.6. The third-order valence-electron chi connectivity index (χ3n) is 6.68. The van der Waals surface area contributed by atoms with Gasteiger partial charge in [-0.25, -0.2) is 4.79 Å². The van der Waals surface area contributed by atoms with Crippen molar-refractivity contribution in [3.63, 3.8) is 0 Å². The molecule has 0 amide bonds. The van der Waals surface area contributed by atoms with Crippen LogP contribution < -0.4 is 55.5 Å². The van der Waals surface area contributed by atoms with Crippen LogP contribution in [-0.4, -0.2) is 22.1 Å². The van der Waals surface area contributed by atoms with Gasteiger partial charge < -0.3 is 24.1 Å². The molecule has 0 spiro atoms. The molecule has 0 radical (unpaired) electrons. The van der Waals surface area contributed by atoms with Gasteiger partial charge in [-0.15, -0.1) is 0 Å². The van der Waals surface area contributed by atoms with Crippen LogP contribution in [0, 0.1) is 20.8 Å². The van der Waals surface area contributed by atoms with Crippen LogP contribution in [0.2, 0.25) is 0 Å². The molecule has 1 aromatic heterocycles. The quantitative estimate of drug-likeness (QED) is 0.304. The molecule has 0 saturated heterocycles. The Labute approximate surface area is 249 Å². The summed E-state index contributed by atoms with van der Waals surface area (Å²) >= 11 is 0. The smallest absolute Gasteiger partial charge is 0.493 e. The van der Waals surface area contributed by atoms with Crippen LogP contribution in [0.3, 0.4) is 0 Å². The van der Waals surface area contributed by atoms with Gasteiger partial charge in [-0.1, -0.05) is 36.4 Å². The summed E-state index contributed by atoms with van der Waals surface area (Å²) in [6.45, 7) is 10.8. The molecule has 0 aliphatic rings. The van der Waals surface area contributed by atoms with E-state index in [1.807, 2.05) is 36.4 Å². The van der Waals surface area contributed by atoms with Gasteiger partial charge in [0.05, 0.1) is 12.2 Å². The largest absolute Gasteiger partial charge is 1.00 e. The Morgan fingerprint density at radius 2 is 1.59 bits per heavy atom. The molecule has 3 aromatic carbocycles. The Morgan fingerprint density at radius 1 is 0.897 bits per heavy atom. The predicted molar refractivity (Wildman–Crippen MR) is 145 cm³/mol. The molecule has 4 rings (SSSR count). The summed E-state index contributed by atoms with van der Waals surface area (Å²) in [7, 11) is 0. The molecule has 39 heavy (non-hydrogen) atoms. The zero-order valence-electron chi connectivity index (χ0n) is 23.4. The minimum Gasteiger partial charge on any atom is -0.493 e.